The van der Waals surface area contributed by atoms with Gasteiger partial charge in [-0.05, 0) is 25.0 Å². The van der Waals surface area contributed by atoms with Crippen LogP contribution < -0.4 is 4.72 Å². The van der Waals surface area contributed by atoms with Gasteiger partial charge in [-0.15, -0.1) is 0 Å². The van der Waals surface area contributed by atoms with Crippen molar-refractivity contribution in [3.63, 3.8) is 0 Å². The Kier molecular flexibility index (Phi) is 6.86. The van der Waals surface area contributed by atoms with Crippen molar-refractivity contribution in [2.24, 2.45) is 0 Å². The van der Waals surface area contributed by atoms with Gasteiger partial charge in [0, 0.05) is 13.0 Å². The summed E-state index contributed by atoms with van der Waals surface area (Å²) in [6.07, 6.45) is 1.55. The second-order valence-corrected chi connectivity index (χ2v) is 6.80. The first kappa shape index (κ1) is 18.2. The quantitative estimate of drug-likeness (QED) is 0.553. The Labute approximate surface area is 132 Å². The number of benzene rings is 1. The third-order valence-electron chi connectivity index (χ3n) is 2.65. The molecule has 21 heavy (non-hydrogen) atoms. The zero-order valence-electron chi connectivity index (χ0n) is 10.9. The van der Waals surface area contributed by atoms with Gasteiger partial charge in [-0.25, -0.2) is 17.5 Å². The minimum absolute atomic E-state index is 0.0426. The lowest BCUT2D eigenvalue weighted by Gasteiger charge is -2.09. The van der Waals surface area contributed by atoms with Crippen molar-refractivity contribution in [1.29, 1.82) is 0 Å². The molecule has 0 aromatic heterocycles. The molecule has 9 heteroatoms. The molecule has 0 atom stereocenters. The van der Waals surface area contributed by atoms with Crippen molar-refractivity contribution in [2.75, 3.05) is 6.54 Å². The number of hydrogen-bond donors (Lipinski definition) is 2. The zero-order valence-corrected chi connectivity index (χ0v) is 13.2. The molecule has 1 aromatic carbocycles. The fourth-order valence-electron chi connectivity index (χ4n) is 1.58. The van der Waals surface area contributed by atoms with Gasteiger partial charge in [-0.3, -0.25) is 4.79 Å². The first-order valence-electron chi connectivity index (χ1n) is 6.10. The van der Waals surface area contributed by atoms with Crippen LogP contribution in [0.1, 0.15) is 25.7 Å². The third-order valence-corrected chi connectivity index (χ3v) is 4.93. The number of sulfonamides is 1. The molecule has 0 aliphatic heterocycles. The number of carboxylic acid groups (broad SMARTS) is 1. The van der Waals surface area contributed by atoms with E-state index >= 15 is 0 Å². The van der Waals surface area contributed by atoms with Crippen LogP contribution in [0.5, 0.6) is 0 Å². The highest BCUT2D eigenvalue weighted by atomic mass is 35.5. The number of aliphatic carboxylic acids is 1. The van der Waals surface area contributed by atoms with Crippen molar-refractivity contribution >= 4 is 39.2 Å². The monoisotopic (exact) mass is 357 g/mol. The van der Waals surface area contributed by atoms with E-state index in [0.717, 1.165) is 12.1 Å². The van der Waals surface area contributed by atoms with E-state index in [1.54, 1.807) is 0 Å². The largest absolute Gasteiger partial charge is 0.481 e. The van der Waals surface area contributed by atoms with Crippen molar-refractivity contribution in [3.8, 4) is 0 Å². The predicted molar refractivity (Wildman–Crippen MR) is 77.7 cm³/mol. The van der Waals surface area contributed by atoms with E-state index in [-0.39, 0.29) is 22.9 Å². The Morgan fingerprint density at radius 3 is 2.52 bits per heavy atom. The minimum atomic E-state index is -3.93. The van der Waals surface area contributed by atoms with Gasteiger partial charge in [0.05, 0.1) is 10.0 Å². The van der Waals surface area contributed by atoms with E-state index in [0.29, 0.717) is 19.3 Å². The number of hydrogen-bond acceptors (Lipinski definition) is 3. The summed E-state index contributed by atoms with van der Waals surface area (Å²) < 4.78 is 39.7. The van der Waals surface area contributed by atoms with Crippen LogP contribution in [0.2, 0.25) is 10.0 Å². The number of unbranched alkanes of at least 4 members (excludes halogenated alkanes) is 2. The summed E-state index contributed by atoms with van der Waals surface area (Å²) >= 11 is 11.1. The molecule has 0 spiro atoms. The number of carboxylic acids is 1. The van der Waals surface area contributed by atoms with E-state index in [1.165, 1.54) is 0 Å². The molecule has 5 nitrogen and oxygen atoms in total. The van der Waals surface area contributed by atoms with Gasteiger partial charge in [0.15, 0.2) is 5.82 Å². The molecule has 0 amide bonds. The summed E-state index contributed by atoms with van der Waals surface area (Å²) in [5.74, 6) is -1.87. The lowest BCUT2D eigenvalue weighted by Crippen LogP contribution is -2.25. The Morgan fingerprint density at radius 1 is 1.24 bits per heavy atom. The SMILES string of the molecule is O=C(O)CCCCCNS(=O)(=O)c1ccc(Cl)c(F)c1Cl. The molecule has 0 heterocycles. The first-order chi connectivity index (χ1) is 9.75. The van der Waals surface area contributed by atoms with Gasteiger partial charge in [0.1, 0.15) is 4.90 Å². The molecule has 0 radical (unpaired) electrons. The molecule has 0 saturated heterocycles. The Balaban J connectivity index is 2.59. The van der Waals surface area contributed by atoms with E-state index in [4.69, 9.17) is 28.3 Å². The molecule has 1 rings (SSSR count). The van der Waals surface area contributed by atoms with Gasteiger partial charge >= 0.3 is 5.97 Å². The predicted octanol–water partition coefficient (Wildman–Crippen LogP) is 3.06. The minimum Gasteiger partial charge on any atom is -0.481 e. The lowest BCUT2D eigenvalue weighted by molar-refractivity contribution is -0.137. The van der Waals surface area contributed by atoms with Crippen LogP contribution in [0.25, 0.3) is 0 Å². The van der Waals surface area contributed by atoms with E-state index in [9.17, 15) is 17.6 Å². The summed E-state index contributed by atoms with van der Waals surface area (Å²) in [5.41, 5.74) is 0. The molecule has 0 unspecified atom stereocenters. The molecule has 0 bridgehead atoms. The number of rotatable bonds is 8. The fourth-order valence-corrected chi connectivity index (χ4v) is 3.39. The Morgan fingerprint density at radius 2 is 1.90 bits per heavy atom. The van der Waals surface area contributed by atoms with E-state index in [1.807, 2.05) is 0 Å². The van der Waals surface area contributed by atoms with Crippen molar-refractivity contribution in [2.45, 2.75) is 30.6 Å². The van der Waals surface area contributed by atoms with Crippen LogP contribution in [-0.2, 0) is 14.8 Å². The van der Waals surface area contributed by atoms with Crippen LogP contribution in [0.3, 0.4) is 0 Å². The number of halogens is 3. The molecule has 0 saturated carbocycles. The second kappa shape index (κ2) is 7.93. The summed E-state index contributed by atoms with van der Waals surface area (Å²) in [6, 6.07) is 2.24. The van der Waals surface area contributed by atoms with Gasteiger partial charge in [0.2, 0.25) is 10.0 Å². The third kappa shape index (κ3) is 5.43. The van der Waals surface area contributed by atoms with Gasteiger partial charge in [-0.1, -0.05) is 29.6 Å². The van der Waals surface area contributed by atoms with Crippen LogP contribution in [-0.4, -0.2) is 26.0 Å². The highest BCUT2D eigenvalue weighted by Gasteiger charge is 2.21. The second-order valence-electron chi connectivity index (χ2n) is 4.28. The maximum atomic E-state index is 13.5. The smallest absolute Gasteiger partial charge is 0.303 e. The van der Waals surface area contributed by atoms with Gasteiger partial charge < -0.3 is 5.11 Å². The van der Waals surface area contributed by atoms with Crippen LogP contribution in [0, 0.1) is 5.82 Å². The fraction of sp³-hybridized carbons (Fsp3) is 0.417. The molecule has 0 aliphatic carbocycles. The summed E-state index contributed by atoms with van der Waals surface area (Å²) in [5, 5.41) is 7.64. The number of nitrogens with one attached hydrogen (secondary N) is 1. The van der Waals surface area contributed by atoms with Gasteiger partial charge in [0.25, 0.3) is 0 Å². The van der Waals surface area contributed by atoms with Gasteiger partial charge in [-0.2, -0.15) is 0 Å². The maximum absolute atomic E-state index is 13.5. The molecule has 2 N–H and O–H groups in total. The van der Waals surface area contributed by atoms with Crippen molar-refractivity contribution in [1.82, 2.24) is 4.72 Å². The lowest BCUT2D eigenvalue weighted by atomic mass is 10.2. The maximum Gasteiger partial charge on any atom is 0.303 e. The van der Waals surface area contributed by atoms with E-state index < -0.39 is 26.8 Å². The van der Waals surface area contributed by atoms with Crippen LogP contribution in [0.15, 0.2) is 17.0 Å². The highest BCUT2D eigenvalue weighted by Crippen LogP contribution is 2.29. The van der Waals surface area contributed by atoms with Crippen molar-refractivity contribution in [3.05, 3.63) is 28.0 Å². The molecule has 1 aromatic rings. The molecule has 118 valence electrons. The van der Waals surface area contributed by atoms with Crippen LogP contribution in [0.4, 0.5) is 4.39 Å². The standard InChI is InChI=1S/C12H14Cl2FNO4S/c13-8-5-6-9(11(14)12(8)15)21(19,20)16-7-3-1-2-4-10(17)18/h5-6,16H,1-4,7H2,(H,17,18). The Bertz CT molecular complexity index is 622. The molecular weight excluding hydrogens is 344 g/mol. The van der Waals surface area contributed by atoms with Crippen LogP contribution >= 0.6 is 23.2 Å². The molecule has 0 aliphatic rings. The molecule has 0 fully saturated rings. The molecular formula is C12H14Cl2FNO4S. The first-order valence-corrected chi connectivity index (χ1v) is 8.34. The number of carbonyl (C=O) groups is 1. The Hall–Kier alpha value is -0.890. The average molecular weight is 358 g/mol. The van der Waals surface area contributed by atoms with E-state index in [2.05, 4.69) is 4.72 Å². The average Bonchev–Trinajstić information content (AvgIpc) is 2.39. The summed E-state index contributed by atoms with van der Waals surface area (Å²) in [7, 11) is -3.93. The summed E-state index contributed by atoms with van der Waals surface area (Å²) in [6.45, 7) is 0.114. The normalized spacial score (nSPS) is 11.6. The zero-order chi connectivity index (χ0) is 16.0. The summed E-state index contributed by atoms with van der Waals surface area (Å²) in [4.78, 5) is 9.92. The highest BCUT2D eigenvalue weighted by molar-refractivity contribution is 7.89. The topological polar surface area (TPSA) is 83.5 Å². The van der Waals surface area contributed by atoms with Crippen molar-refractivity contribution < 1.29 is 22.7 Å².